The predicted octanol–water partition coefficient (Wildman–Crippen LogP) is 5.45. The summed E-state index contributed by atoms with van der Waals surface area (Å²) in [4.78, 5) is 27.6. The number of ether oxygens (including phenoxy) is 1. The summed E-state index contributed by atoms with van der Waals surface area (Å²) < 4.78 is 5.67. The lowest BCUT2D eigenvalue weighted by Crippen LogP contribution is -2.40. The summed E-state index contributed by atoms with van der Waals surface area (Å²) in [6.07, 6.45) is 9.50. The highest BCUT2D eigenvalue weighted by atomic mass is 16.5. The van der Waals surface area contributed by atoms with Crippen LogP contribution in [0.25, 0.3) is 0 Å². The van der Waals surface area contributed by atoms with Gasteiger partial charge in [0.25, 0.3) is 0 Å². The van der Waals surface area contributed by atoms with Crippen molar-refractivity contribution in [1.82, 2.24) is 9.88 Å². The van der Waals surface area contributed by atoms with E-state index in [0.29, 0.717) is 17.2 Å². The van der Waals surface area contributed by atoms with E-state index in [-0.39, 0.29) is 11.9 Å². The van der Waals surface area contributed by atoms with Crippen molar-refractivity contribution in [2.75, 3.05) is 18.4 Å². The molecule has 1 atom stereocenters. The summed E-state index contributed by atoms with van der Waals surface area (Å²) in [5.74, 6) is 1.27. The Morgan fingerprint density at radius 1 is 1.26 bits per heavy atom. The zero-order chi connectivity index (χ0) is 26.6. The Labute approximate surface area is 209 Å². The minimum Gasteiger partial charge on any atom is -0.439 e. The molecule has 1 unspecified atom stereocenters. The lowest BCUT2D eigenvalue weighted by atomic mass is 10.2. The Morgan fingerprint density at radius 2 is 1.91 bits per heavy atom. The summed E-state index contributed by atoms with van der Waals surface area (Å²) in [6, 6.07) is 8.81. The van der Waals surface area contributed by atoms with Crippen LogP contribution < -0.4 is 15.8 Å². The van der Waals surface area contributed by atoms with Crippen LogP contribution >= 0.6 is 0 Å². The van der Waals surface area contributed by atoms with Crippen molar-refractivity contribution in [2.24, 2.45) is 5.73 Å². The summed E-state index contributed by atoms with van der Waals surface area (Å²) in [5.41, 5.74) is 8.07. The van der Waals surface area contributed by atoms with Crippen LogP contribution in [0.5, 0.6) is 11.6 Å². The SMILES string of the molecule is C#N.CC.CC(N)C(=O)N1CCCC1.CC/C=C/Nc1ccc(Oc2ccc(C=O)cn2)cc1C. The second-order valence-electron chi connectivity index (χ2n) is 7.40. The van der Waals surface area contributed by atoms with Gasteiger partial charge in [-0.2, -0.15) is 0 Å². The van der Waals surface area contributed by atoms with Gasteiger partial charge in [-0.05, 0) is 69.1 Å². The highest BCUT2D eigenvalue weighted by molar-refractivity contribution is 5.81. The number of allylic oxidation sites excluding steroid dienone is 1. The number of aromatic nitrogens is 1. The van der Waals surface area contributed by atoms with E-state index in [2.05, 4.69) is 29.9 Å². The third-order valence-corrected chi connectivity index (χ3v) is 4.72. The van der Waals surface area contributed by atoms with Gasteiger partial charge in [0, 0.05) is 43.2 Å². The molecule has 3 N–H and O–H groups in total. The molecule has 35 heavy (non-hydrogen) atoms. The maximum atomic E-state index is 11.1. The zero-order valence-electron chi connectivity index (χ0n) is 21.5. The van der Waals surface area contributed by atoms with Crippen molar-refractivity contribution in [3.8, 4) is 18.2 Å². The number of aldehydes is 1. The largest absolute Gasteiger partial charge is 0.439 e. The van der Waals surface area contributed by atoms with Gasteiger partial charge in [0.15, 0.2) is 6.29 Å². The number of nitrogens with zero attached hydrogens (tertiary/aromatic N) is 3. The van der Waals surface area contributed by atoms with Gasteiger partial charge in [0.05, 0.1) is 6.04 Å². The van der Waals surface area contributed by atoms with Crippen LogP contribution in [0.2, 0.25) is 0 Å². The maximum absolute atomic E-state index is 11.1. The number of pyridine rings is 1. The van der Waals surface area contributed by atoms with Gasteiger partial charge in [-0.3, -0.25) is 9.59 Å². The third kappa shape index (κ3) is 11.8. The Balaban J connectivity index is 0.000000691. The van der Waals surface area contributed by atoms with Crippen LogP contribution in [0.1, 0.15) is 62.9 Å². The van der Waals surface area contributed by atoms with Crippen LogP contribution in [-0.4, -0.2) is 41.2 Å². The Morgan fingerprint density at radius 3 is 2.40 bits per heavy atom. The molecular formula is C27H39N5O3. The molecule has 3 rings (SSSR count). The average molecular weight is 482 g/mol. The van der Waals surface area contributed by atoms with E-state index in [9.17, 15) is 9.59 Å². The lowest BCUT2D eigenvalue weighted by Gasteiger charge is -2.16. The number of likely N-dealkylation sites (tertiary alicyclic amines) is 1. The number of rotatable bonds is 7. The number of nitrogens with one attached hydrogen (secondary N) is 1. The zero-order valence-corrected chi connectivity index (χ0v) is 21.5. The fourth-order valence-electron chi connectivity index (χ4n) is 3.00. The smallest absolute Gasteiger partial charge is 0.239 e. The number of carbonyl (C=O) groups is 2. The van der Waals surface area contributed by atoms with Crippen LogP contribution in [-0.2, 0) is 4.79 Å². The van der Waals surface area contributed by atoms with Crippen molar-refractivity contribution in [3.63, 3.8) is 0 Å². The number of amides is 1. The van der Waals surface area contributed by atoms with Crippen molar-refractivity contribution in [3.05, 3.63) is 59.9 Å². The summed E-state index contributed by atoms with van der Waals surface area (Å²) >= 11 is 0. The molecule has 0 radical (unpaired) electrons. The number of hydrogen-bond acceptors (Lipinski definition) is 7. The molecule has 0 saturated carbocycles. The van der Waals surface area contributed by atoms with E-state index in [0.717, 1.165) is 49.9 Å². The van der Waals surface area contributed by atoms with Gasteiger partial charge in [0.2, 0.25) is 11.8 Å². The summed E-state index contributed by atoms with van der Waals surface area (Å²) in [5, 5.41) is 9.73. The van der Waals surface area contributed by atoms with Crippen molar-refractivity contribution in [1.29, 1.82) is 5.26 Å². The van der Waals surface area contributed by atoms with Gasteiger partial charge in [-0.25, -0.2) is 10.2 Å². The number of nitriles is 1. The molecule has 2 aromatic rings. The summed E-state index contributed by atoms with van der Waals surface area (Å²) in [7, 11) is 0. The average Bonchev–Trinajstić information content (AvgIpc) is 3.43. The fourth-order valence-corrected chi connectivity index (χ4v) is 3.00. The molecule has 190 valence electrons. The first-order valence-electron chi connectivity index (χ1n) is 11.9. The highest BCUT2D eigenvalue weighted by Gasteiger charge is 2.20. The van der Waals surface area contributed by atoms with E-state index in [1.165, 1.54) is 6.20 Å². The quantitative estimate of drug-likeness (QED) is 0.504. The molecule has 0 aliphatic carbocycles. The molecule has 1 aliphatic rings. The van der Waals surface area contributed by atoms with E-state index in [4.69, 9.17) is 15.7 Å². The van der Waals surface area contributed by atoms with Gasteiger partial charge in [0.1, 0.15) is 5.75 Å². The van der Waals surface area contributed by atoms with Crippen LogP contribution in [0.15, 0.2) is 48.8 Å². The standard InChI is InChI=1S/C17H18N2O2.C7H14N2O.C2H6.CHN/c1-3-4-9-18-16-7-6-15(10-13(16)2)21-17-8-5-14(12-20)11-19-17;1-6(8)7(10)9-4-2-3-5-9;2*1-2/h4-12,18H,3H2,1-2H3;6H,2-5,8H2,1H3;1-2H3;1H/b9-4+;;;. The van der Waals surface area contributed by atoms with Crippen LogP contribution in [0, 0.1) is 18.8 Å². The lowest BCUT2D eigenvalue weighted by molar-refractivity contribution is -0.131. The topological polar surface area (TPSA) is 121 Å². The number of carbonyl (C=O) groups excluding carboxylic acids is 2. The van der Waals surface area contributed by atoms with Gasteiger partial charge in [-0.15, -0.1) is 0 Å². The molecule has 2 heterocycles. The van der Waals surface area contributed by atoms with Gasteiger partial charge in [-0.1, -0.05) is 26.8 Å². The van der Waals surface area contributed by atoms with Gasteiger partial charge < -0.3 is 20.7 Å². The molecule has 1 fully saturated rings. The molecular weight excluding hydrogens is 442 g/mol. The second-order valence-corrected chi connectivity index (χ2v) is 7.40. The van der Waals surface area contributed by atoms with Gasteiger partial charge >= 0.3 is 0 Å². The second kappa shape index (κ2) is 18.7. The Kier molecular flexibility index (Phi) is 16.7. The molecule has 0 spiro atoms. The number of nitrogens with two attached hydrogens (primary N) is 1. The normalized spacial score (nSPS) is 12.6. The molecule has 1 aliphatic heterocycles. The molecule has 1 aromatic carbocycles. The third-order valence-electron chi connectivity index (χ3n) is 4.72. The first kappa shape index (κ1) is 31.3. The molecule has 0 bridgehead atoms. The minimum atomic E-state index is -0.321. The van der Waals surface area contributed by atoms with E-state index >= 15 is 0 Å². The fraction of sp³-hybridized carbons (Fsp3) is 0.407. The number of aryl methyl sites for hydroxylation is 1. The summed E-state index contributed by atoms with van der Waals surface area (Å²) in [6.45, 7) is 15.1. The van der Waals surface area contributed by atoms with E-state index in [1.807, 2.05) is 50.1 Å². The van der Waals surface area contributed by atoms with Crippen molar-refractivity contribution >= 4 is 17.9 Å². The molecule has 8 nitrogen and oxygen atoms in total. The minimum absolute atomic E-state index is 0.0949. The molecule has 1 aromatic heterocycles. The first-order valence-corrected chi connectivity index (χ1v) is 11.9. The first-order chi connectivity index (χ1) is 16.9. The maximum Gasteiger partial charge on any atom is 0.239 e. The van der Waals surface area contributed by atoms with Crippen molar-refractivity contribution < 1.29 is 14.3 Å². The Hall–Kier alpha value is -3.70. The van der Waals surface area contributed by atoms with E-state index in [1.54, 1.807) is 19.1 Å². The van der Waals surface area contributed by atoms with Crippen LogP contribution in [0.3, 0.4) is 0 Å². The van der Waals surface area contributed by atoms with Crippen molar-refractivity contribution in [2.45, 2.75) is 59.9 Å². The Bertz CT molecular complexity index is 918. The molecule has 8 heteroatoms. The molecule has 1 amide bonds. The molecule has 1 saturated heterocycles. The highest BCUT2D eigenvalue weighted by Crippen LogP contribution is 2.25. The van der Waals surface area contributed by atoms with Crippen LogP contribution in [0.4, 0.5) is 5.69 Å². The monoisotopic (exact) mass is 481 g/mol. The predicted molar refractivity (Wildman–Crippen MR) is 141 cm³/mol. The van der Waals surface area contributed by atoms with E-state index < -0.39 is 0 Å². The number of anilines is 1. The number of hydrogen-bond donors (Lipinski definition) is 2. The number of benzene rings is 1.